The molecule has 2 aromatic carbocycles. The van der Waals surface area contributed by atoms with Gasteiger partial charge < -0.3 is 9.94 Å². The number of aromatic nitrogens is 2. The lowest BCUT2D eigenvalue weighted by Gasteiger charge is -2.15. The number of carbonyl (C=O) groups is 1. The molecule has 3 aromatic rings. The molecule has 0 aliphatic carbocycles. The molecule has 3 rings (SSSR count). The highest BCUT2D eigenvalue weighted by Gasteiger charge is 2.18. The summed E-state index contributed by atoms with van der Waals surface area (Å²) in [6, 6.07) is 18.5. The molecule has 1 heterocycles. The Labute approximate surface area is 161 Å². The Bertz CT molecular complexity index is 908. The summed E-state index contributed by atoms with van der Waals surface area (Å²) in [6.07, 6.45) is 0.187. The molecule has 0 bridgehead atoms. The molecular formula is C20H18ClN3O3. The van der Waals surface area contributed by atoms with E-state index in [1.165, 1.54) is 0 Å². The average Bonchev–Trinajstić information content (AvgIpc) is 3.16. The predicted molar refractivity (Wildman–Crippen MR) is 103 cm³/mol. The number of halogens is 1. The monoisotopic (exact) mass is 383 g/mol. The van der Waals surface area contributed by atoms with Crippen molar-refractivity contribution in [2.24, 2.45) is 5.16 Å². The van der Waals surface area contributed by atoms with Gasteiger partial charge in [0.25, 0.3) is 6.47 Å². The SMILES string of the molecule is O=COC(CC(=NO)c1ccccc1)Cc1cc(-c2ccc(Cl)cc2)n[nH]1. The number of nitrogens with zero attached hydrogens (tertiary/aromatic N) is 2. The molecule has 1 aromatic heterocycles. The lowest BCUT2D eigenvalue weighted by Crippen LogP contribution is -2.21. The van der Waals surface area contributed by atoms with Crippen LogP contribution in [0.3, 0.4) is 0 Å². The number of oxime groups is 1. The van der Waals surface area contributed by atoms with Crippen molar-refractivity contribution < 1.29 is 14.7 Å². The fourth-order valence-corrected chi connectivity index (χ4v) is 2.92. The highest BCUT2D eigenvalue weighted by molar-refractivity contribution is 6.30. The van der Waals surface area contributed by atoms with E-state index in [1.807, 2.05) is 48.5 Å². The molecule has 1 unspecified atom stereocenters. The van der Waals surface area contributed by atoms with Crippen molar-refractivity contribution in [1.82, 2.24) is 10.2 Å². The zero-order valence-electron chi connectivity index (χ0n) is 14.4. The van der Waals surface area contributed by atoms with Crippen LogP contribution >= 0.6 is 11.6 Å². The predicted octanol–water partition coefficient (Wildman–Crippen LogP) is 4.08. The summed E-state index contributed by atoms with van der Waals surface area (Å²) in [4.78, 5) is 10.9. The van der Waals surface area contributed by atoms with Crippen LogP contribution in [0, 0.1) is 0 Å². The Morgan fingerprint density at radius 1 is 1.22 bits per heavy atom. The third kappa shape index (κ3) is 4.95. The quantitative estimate of drug-likeness (QED) is 0.265. The van der Waals surface area contributed by atoms with Gasteiger partial charge in [-0.05, 0) is 23.8 Å². The first-order valence-corrected chi connectivity index (χ1v) is 8.73. The summed E-state index contributed by atoms with van der Waals surface area (Å²) in [7, 11) is 0. The van der Waals surface area contributed by atoms with Gasteiger partial charge in [0.15, 0.2) is 0 Å². The first kappa shape index (κ1) is 18.7. The van der Waals surface area contributed by atoms with Crippen LogP contribution in [0.15, 0.2) is 65.8 Å². The highest BCUT2D eigenvalue weighted by atomic mass is 35.5. The molecule has 0 fully saturated rings. The fourth-order valence-electron chi connectivity index (χ4n) is 2.79. The summed E-state index contributed by atoms with van der Waals surface area (Å²) in [5, 5.41) is 20.6. The van der Waals surface area contributed by atoms with Crippen LogP contribution in [0.1, 0.15) is 17.7 Å². The van der Waals surface area contributed by atoms with Crippen molar-refractivity contribution in [3.8, 4) is 11.3 Å². The maximum absolute atomic E-state index is 10.9. The second-order valence-electron chi connectivity index (χ2n) is 5.96. The van der Waals surface area contributed by atoms with Crippen LogP contribution in [0.25, 0.3) is 11.3 Å². The number of rotatable bonds is 8. The minimum absolute atomic E-state index is 0.272. The molecule has 0 saturated heterocycles. The Kier molecular flexibility index (Phi) is 6.22. The second-order valence-corrected chi connectivity index (χ2v) is 6.40. The summed E-state index contributed by atoms with van der Waals surface area (Å²) < 4.78 is 5.19. The lowest BCUT2D eigenvalue weighted by molar-refractivity contribution is -0.133. The third-order valence-corrected chi connectivity index (χ3v) is 4.37. The molecule has 6 nitrogen and oxygen atoms in total. The van der Waals surface area contributed by atoms with Gasteiger partial charge >= 0.3 is 0 Å². The molecule has 2 N–H and O–H groups in total. The summed E-state index contributed by atoms with van der Waals surface area (Å²) >= 11 is 5.91. The minimum Gasteiger partial charge on any atom is -0.464 e. The van der Waals surface area contributed by atoms with Crippen LogP contribution < -0.4 is 0 Å². The van der Waals surface area contributed by atoms with E-state index in [0.29, 0.717) is 23.6 Å². The number of ether oxygens (including phenoxy) is 1. The fraction of sp³-hybridized carbons (Fsp3) is 0.150. The first-order chi connectivity index (χ1) is 13.2. The van der Waals surface area contributed by atoms with Gasteiger partial charge in [-0.25, -0.2) is 0 Å². The van der Waals surface area contributed by atoms with Gasteiger partial charge in [-0.1, -0.05) is 59.2 Å². The van der Waals surface area contributed by atoms with E-state index >= 15 is 0 Å². The number of benzene rings is 2. The number of nitrogens with one attached hydrogen (secondary N) is 1. The molecule has 0 aliphatic heterocycles. The van der Waals surface area contributed by atoms with Gasteiger partial charge in [-0.2, -0.15) is 5.10 Å². The number of hydrogen-bond donors (Lipinski definition) is 2. The molecule has 138 valence electrons. The minimum atomic E-state index is -0.493. The Hall–Kier alpha value is -3.12. The van der Waals surface area contributed by atoms with Crippen LogP contribution in [0.4, 0.5) is 0 Å². The molecule has 0 saturated carbocycles. The molecule has 0 spiro atoms. The number of aromatic amines is 1. The Morgan fingerprint density at radius 3 is 2.63 bits per heavy atom. The molecule has 0 aliphatic rings. The van der Waals surface area contributed by atoms with Gasteiger partial charge in [-0.15, -0.1) is 0 Å². The molecule has 1 atom stereocenters. The van der Waals surface area contributed by atoms with E-state index in [-0.39, 0.29) is 6.42 Å². The van der Waals surface area contributed by atoms with Crippen molar-refractivity contribution in [3.63, 3.8) is 0 Å². The largest absolute Gasteiger partial charge is 0.464 e. The van der Waals surface area contributed by atoms with E-state index in [2.05, 4.69) is 15.4 Å². The highest BCUT2D eigenvalue weighted by Crippen LogP contribution is 2.21. The van der Waals surface area contributed by atoms with E-state index in [1.54, 1.807) is 12.1 Å². The average molecular weight is 384 g/mol. The zero-order chi connectivity index (χ0) is 19.1. The molecular weight excluding hydrogens is 366 g/mol. The lowest BCUT2D eigenvalue weighted by atomic mass is 10.0. The Morgan fingerprint density at radius 2 is 1.96 bits per heavy atom. The Balaban J connectivity index is 1.73. The van der Waals surface area contributed by atoms with Crippen molar-refractivity contribution in [3.05, 3.63) is 76.9 Å². The number of H-pyrrole nitrogens is 1. The molecule has 0 amide bonds. The van der Waals surface area contributed by atoms with Crippen molar-refractivity contribution in [2.45, 2.75) is 18.9 Å². The standard InChI is InChI=1S/C20H18ClN3O3/c21-16-8-6-15(7-9-16)19-11-17(22-23-19)10-18(27-13-25)12-20(24-26)14-4-2-1-3-5-14/h1-9,11,13,18,26H,10,12H2,(H,22,23). The van der Waals surface area contributed by atoms with Gasteiger partial charge in [-0.3, -0.25) is 9.89 Å². The van der Waals surface area contributed by atoms with E-state index in [0.717, 1.165) is 22.5 Å². The van der Waals surface area contributed by atoms with Gasteiger partial charge in [0.1, 0.15) is 6.10 Å². The molecule has 27 heavy (non-hydrogen) atoms. The van der Waals surface area contributed by atoms with Crippen molar-refractivity contribution in [1.29, 1.82) is 0 Å². The van der Waals surface area contributed by atoms with Crippen LogP contribution in [0.2, 0.25) is 5.02 Å². The summed E-state index contributed by atoms with van der Waals surface area (Å²) in [5.74, 6) is 0. The van der Waals surface area contributed by atoms with E-state index in [9.17, 15) is 10.0 Å². The second kappa shape index (κ2) is 9.00. The van der Waals surface area contributed by atoms with Crippen molar-refractivity contribution in [2.75, 3.05) is 0 Å². The van der Waals surface area contributed by atoms with Gasteiger partial charge in [0.2, 0.25) is 0 Å². The molecule has 0 radical (unpaired) electrons. The zero-order valence-corrected chi connectivity index (χ0v) is 15.1. The number of hydrogen-bond acceptors (Lipinski definition) is 5. The van der Waals surface area contributed by atoms with E-state index in [4.69, 9.17) is 16.3 Å². The summed E-state index contributed by atoms with van der Waals surface area (Å²) in [6.45, 7) is 0.404. The topological polar surface area (TPSA) is 87.6 Å². The normalized spacial score (nSPS) is 12.6. The van der Waals surface area contributed by atoms with Crippen LogP contribution in [0.5, 0.6) is 0 Å². The van der Waals surface area contributed by atoms with Crippen LogP contribution in [-0.4, -0.2) is 33.7 Å². The van der Waals surface area contributed by atoms with Crippen LogP contribution in [-0.2, 0) is 16.0 Å². The smallest absolute Gasteiger partial charge is 0.293 e. The maximum atomic E-state index is 10.9. The summed E-state index contributed by atoms with van der Waals surface area (Å²) in [5.41, 5.74) is 3.71. The first-order valence-electron chi connectivity index (χ1n) is 8.35. The van der Waals surface area contributed by atoms with Gasteiger partial charge in [0, 0.05) is 29.1 Å². The van der Waals surface area contributed by atoms with E-state index < -0.39 is 6.10 Å². The number of carbonyl (C=O) groups excluding carboxylic acids is 1. The maximum Gasteiger partial charge on any atom is 0.293 e. The third-order valence-electron chi connectivity index (χ3n) is 4.12. The molecule has 7 heteroatoms. The van der Waals surface area contributed by atoms with Gasteiger partial charge in [0.05, 0.1) is 11.4 Å². The van der Waals surface area contributed by atoms with Crippen molar-refractivity contribution >= 4 is 23.8 Å².